The first-order chi connectivity index (χ1) is 6.54. The molecule has 0 saturated carbocycles. The van der Waals surface area contributed by atoms with Crippen LogP contribution in [-0.2, 0) is 11.2 Å². The van der Waals surface area contributed by atoms with E-state index in [-0.39, 0.29) is 22.8 Å². The summed E-state index contributed by atoms with van der Waals surface area (Å²) in [6, 6.07) is 2.32. The van der Waals surface area contributed by atoms with Crippen LogP contribution in [0, 0.1) is 5.82 Å². The minimum Gasteiger partial charge on any atom is -0.495 e. The topological polar surface area (TPSA) is 46.5 Å². The van der Waals surface area contributed by atoms with Gasteiger partial charge in [-0.25, -0.2) is 4.39 Å². The highest BCUT2D eigenvalue weighted by Crippen LogP contribution is 2.27. The molecule has 0 amide bonds. The van der Waals surface area contributed by atoms with E-state index in [2.05, 4.69) is 0 Å². The number of hydrogen-bond acceptors (Lipinski definition) is 2. The maximum atomic E-state index is 13.1. The molecule has 5 heteroatoms. The highest BCUT2D eigenvalue weighted by atomic mass is 35.5. The van der Waals surface area contributed by atoms with E-state index >= 15 is 0 Å². The number of carboxylic acids is 1. The molecule has 0 aromatic heterocycles. The highest BCUT2D eigenvalue weighted by molar-refractivity contribution is 6.32. The van der Waals surface area contributed by atoms with E-state index in [1.807, 2.05) is 0 Å². The van der Waals surface area contributed by atoms with Crippen LogP contribution in [0.25, 0.3) is 0 Å². The summed E-state index contributed by atoms with van der Waals surface area (Å²) in [5.74, 6) is -1.48. The molecule has 0 saturated heterocycles. The molecule has 0 aliphatic heterocycles. The van der Waals surface area contributed by atoms with Crippen LogP contribution in [0.15, 0.2) is 12.1 Å². The second-order valence-corrected chi connectivity index (χ2v) is 3.06. The van der Waals surface area contributed by atoms with Crippen molar-refractivity contribution in [2.24, 2.45) is 0 Å². The van der Waals surface area contributed by atoms with Crippen molar-refractivity contribution < 1.29 is 19.0 Å². The predicted octanol–water partition coefficient (Wildman–Crippen LogP) is 2.11. The molecule has 14 heavy (non-hydrogen) atoms. The minimum atomic E-state index is -1.10. The van der Waals surface area contributed by atoms with Gasteiger partial charge in [0.1, 0.15) is 11.6 Å². The Labute approximate surface area is 85.1 Å². The Hall–Kier alpha value is -1.29. The summed E-state index contributed by atoms with van der Waals surface area (Å²) in [5.41, 5.74) is 0.0544. The lowest BCUT2D eigenvalue weighted by atomic mass is 10.1. The van der Waals surface area contributed by atoms with Gasteiger partial charge in [-0.1, -0.05) is 11.6 Å². The van der Waals surface area contributed by atoms with Crippen LogP contribution in [0.5, 0.6) is 5.75 Å². The van der Waals surface area contributed by atoms with Crippen LogP contribution in [0.1, 0.15) is 5.56 Å². The zero-order valence-corrected chi connectivity index (χ0v) is 8.14. The second kappa shape index (κ2) is 4.28. The number of rotatable bonds is 3. The van der Waals surface area contributed by atoms with Crippen molar-refractivity contribution in [1.82, 2.24) is 0 Å². The van der Waals surface area contributed by atoms with Gasteiger partial charge in [-0.15, -0.1) is 0 Å². The van der Waals surface area contributed by atoms with Gasteiger partial charge in [0.2, 0.25) is 0 Å². The molecule has 76 valence electrons. The molecule has 1 aromatic rings. The van der Waals surface area contributed by atoms with E-state index in [1.165, 1.54) is 13.2 Å². The van der Waals surface area contributed by atoms with Gasteiger partial charge in [0.15, 0.2) is 0 Å². The van der Waals surface area contributed by atoms with Gasteiger partial charge in [0.05, 0.1) is 18.6 Å². The fraction of sp³-hybridized carbons (Fsp3) is 0.222. The number of carbonyl (C=O) groups is 1. The molecule has 0 aliphatic carbocycles. The normalized spacial score (nSPS) is 9.93. The molecule has 0 atom stereocenters. The Morgan fingerprint density at radius 1 is 1.64 bits per heavy atom. The monoisotopic (exact) mass is 218 g/mol. The van der Waals surface area contributed by atoms with E-state index in [4.69, 9.17) is 21.4 Å². The van der Waals surface area contributed by atoms with Crippen molar-refractivity contribution in [2.45, 2.75) is 6.42 Å². The van der Waals surface area contributed by atoms with E-state index in [0.29, 0.717) is 0 Å². The smallest absolute Gasteiger partial charge is 0.307 e. The van der Waals surface area contributed by atoms with Crippen LogP contribution in [0.3, 0.4) is 0 Å². The van der Waals surface area contributed by atoms with Crippen molar-refractivity contribution in [1.29, 1.82) is 0 Å². The third kappa shape index (κ3) is 2.35. The van der Waals surface area contributed by atoms with Gasteiger partial charge in [0, 0.05) is 5.56 Å². The summed E-state index contributed by atoms with van der Waals surface area (Å²) < 4.78 is 18.0. The number of benzene rings is 1. The summed E-state index contributed by atoms with van der Waals surface area (Å²) in [6.45, 7) is 0. The number of aliphatic carboxylic acids is 1. The standard InChI is InChI=1S/C9H8ClFO3/c1-14-8-2-5(3-9(12)13)7(11)4-6(8)10/h2,4H,3H2,1H3,(H,12,13). The van der Waals surface area contributed by atoms with E-state index < -0.39 is 11.8 Å². The molecular formula is C9H8ClFO3. The van der Waals surface area contributed by atoms with Crippen molar-refractivity contribution in [3.05, 3.63) is 28.5 Å². The van der Waals surface area contributed by atoms with Gasteiger partial charge in [-0.2, -0.15) is 0 Å². The van der Waals surface area contributed by atoms with Gasteiger partial charge in [-0.3, -0.25) is 4.79 Å². The van der Waals surface area contributed by atoms with E-state index in [1.54, 1.807) is 0 Å². The molecule has 0 aliphatic rings. The molecular weight excluding hydrogens is 211 g/mol. The first kappa shape index (κ1) is 10.8. The van der Waals surface area contributed by atoms with Gasteiger partial charge in [-0.05, 0) is 12.1 Å². The molecule has 1 N–H and O–H groups in total. The molecule has 0 heterocycles. The molecule has 0 radical (unpaired) electrons. The molecule has 1 aromatic carbocycles. The molecule has 0 spiro atoms. The van der Waals surface area contributed by atoms with Crippen molar-refractivity contribution in [3.8, 4) is 5.75 Å². The summed E-state index contributed by atoms with van der Waals surface area (Å²) >= 11 is 5.63. The lowest BCUT2D eigenvalue weighted by Gasteiger charge is -2.06. The third-order valence-electron chi connectivity index (χ3n) is 1.66. The van der Waals surface area contributed by atoms with Crippen LogP contribution in [-0.4, -0.2) is 18.2 Å². The number of carboxylic acid groups (broad SMARTS) is 1. The number of methoxy groups -OCH3 is 1. The number of hydrogen-bond donors (Lipinski definition) is 1. The summed E-state index contributed by atoms with van der Waals surface area (Å²) in [7, 11) is 1.38. The molecule has 1 rings (SSSR count). The molecule has 0 unspecified atom stereocenters. The van der Waals surface area contributed by atoms with Crippen molar-refractivity contribution in [3.63, 3.8) is 0 Å². The quantitative estimate of drug-likeness (QED) is 0.845. The average molecular weight is 219 g/mol. The Bertz CT molecular complexity index is 365. The Morgan fingerprint density at radius 3 is 2.79 bits per heavy atom. The largest absolute Gasteiger partial charge is 0.495 e. The maximum Gasteiger partial charge on any atom is 0.307 e. The number of halogens is 2. The van der Waals surface area contributed by atoms with Crippen LogP contribution < -0.4 is 4.74 Å². The zero-order chi connectivity index (χ0) is 10.7. The second-order valence-electron chi connectivity index (χ2n) is 2.65. The lowest BCUT2D eigenvalue weighted by molar-refractivity contribution is -0.136. The van der Waals surface area contributed by atoms with Crippen LogP contribution in [0.4, 0.5) is 4.39 Å². The van der Waals surface area contributed by atoms with Crippen molar-refractivity contribution in [2.75, 3.05) is 7.11 Å². The average Bonchev–Trinajstić information content (AvgIpc) is 2.09. The van der Waals surface area contributed by atoms with Crippen LogP contribution in [0.2, 0.25) is 5.02 Å². The molecule has 0 bridgehead atoms. The van der Waals surface area contributed by atoms with Gasteiger partial charge < -0.3 is 9.84 Å². The lowest BCUT2D eigenvalue weighted by Crippen LogP contribution is -2.03. The van der Waals surface area contributed by atoms with E-state index in [0.717, 1.165) is 6.07 Å². The Kier molecular flexibility index (Phi) is 3.30. The van der Waals surface area contributed by atoms with Crippen LogP contribution >= 0.6 is 11.6 Å². The summed E-state index contributed by atoms with van der Waals surface area (Å²) in [6.07, 6.45) is -0.390. The number of ether oxygens (including phenoxy) is 1. The fourth-order valence-corrected chi connectivity index (χ4v) is 1.25. The highest BCUT2D eigenvalue weighted by Gasteiger charge is 2.11. The summed E-state index contributed by atoms with van der Waals surface area (Å²) in [4.78, 5) is 10.4. The third-order valence-corrected chi connectivity index (χ3v) is 1.96. The Morgan fingerprint density at radius 2 is 2.29 bits per heavy atom. The van der Waals surface area contributed by atoms with Gasteiger partial charge >= 0.3 is 5.97 Å². The minimum absolute atomic E-state index is 0.0544. The first-order valence-corrected chi connectivity index (χ1v) is 4.16. The molecule has 0 fully saturated rings. The SMILES string of the molecule is COc1cc(CC(=O)O)c(F)cc1Cl. The Balaban J connectivity index is 3.10. The maximum absolute atomic E-state index is 13.1. The summed E-state index contributed by atoms with van der Waals surface area (Å²) in [5, 5.41) is 8.61. The van der Waals surface area contributed by atoms with Crippen molar-refractivity contribution >= 4 is 17.6 Å². The zero-order valence-electron chi connectivity index (χ0n) is 7.38. The molecule has 3 nitrogen and oxygen atoms in total. The first-order valence-electron chi connectivity index (χ1n) is 3.78. The van der Waals surface area contributed by atoms with Gasteiger partial charge in [0.25, 0.3) is 0 Å². The predicted molar refractivity (Wildman–Crippen MR) is 49.3 cm³/mol. The fourth-order valence-electron chi connectivity index (χ4n) is 1.03. The van der Waals surface area contributed by atoms with E-state index in [9.17, 15) is 9.18 Å².